The van der Waals surface area contributed by atoms with E-state index >= 15 is 0 Å². The second kappa shape index (κ2) is 7.50. The molecule has 158 valence electrons. The molecule has 0 aromatic heterocycles. The number of halogens is 1. The molecule has 2 heterocycles. The lowest BCUT2D eigenvalue weighted by molar-refractivity contribution is -0.125. The number of fused-ring (bicyclic) bond motifs is 2. The molecule has 1 amide bonds. The van der Waals surface area contributed by atoms with Gasteiger partial charge in [0.1, 0.15) is 11.6 Å². The second-order valence-corrected chi connectivity index (χ2v) is 9.18. The van der Waals surface area contributed by atoms with Crippen molar-refractivity contribution in [3.63, 3.8) is 0 Å². The molecule has 5 fully saturated rings. The third kappa shape index (κ3) is 3.86. The number of ether oxygens (including phenoxy) is 1. The molecule has 3 saturated carbocycles. The Balaban J connectivity index is 1.12. The fourth-order valence-electron chi connectivity index (χ4n) is 5.71. The van der Waals surface area contributed by atoms with E-state index in [2.05, 4.69) is 33.3 Å². The Morgan fingerprint density at radius 1 is 1.38 bits per heavy atom. The normalized spacial score (nSPS) is 38.3. The molecule has 4 N–H and O–H groups in total. The summed E-state index contributed by atoms with van der Waals surface area (Å²) < 4.78 is 18.7. The summed E-state index contributed by atoms with van der Waals surface area (Å²) in [6.07, 6.45) is 4.42. The summed E-state index contributed by atoms with van der Waals surface area (Å²) >= 11 is 0. The van der Waals surface area contributed by atoms with Crippen molar-refractivity contribution >= 4 is 5.91 Å². The lowest BCUT2D eigenvalue weighted by Gasteiger charge is -2.40. The fourth-order valence-corrected chi connectivity index (χ4v) is 5.71. The van der Waals surface area contributed by atoms with Gasteiger partial charge in [-0.3, -0.25) is 20.9 Å². The molecule has 3 unspecified atom stereocenters. The van der Waals surface area contributed by atoms with Crippen LogP contribution >= 0.6 is 0 Å². The van der Waals surface area contributed by atoms with Gasteiger partial charge in [0.05, 0.1) is 12.2 Å². The van der Waals surface area contributed by atoms with Crippen molar-refractivity contribution in [3.05, 3.63) is 30.1 Å². The first-order chi connectivity index (χ1) is 14.0. The molecule has 7 nitrogen and oxygen atoms in total. The number of amides is 1. The first kappa shape index (κ1) is 19.2. The molecule has 3 aliphatic carbocycles. The first-order valence-electron chi connectivity index (χ1n) is 10.7. The van der Waals surface area contributed by atoms with Gasteiger partial charge in [0.2, 0.25) is 0 Å². The van der Waals surface area contributed by atoms with E-state index in [4.69, 9.17) is 4.74 Å². The average molecular weight is 404 g/mol. The number of hydrogen-bond donors (Lipinski definition) is 4. The van der Waals surface area contributed by atoms with E-state index < -0.39 is 0 Å². The minimum Gasteiger partial charge on any atom is -0.484 e. The molecule has 29 heavy (non-hydrogen) atoms. The summed E-state index contributed by atoms with van der Waals surface area (Å²) in [5, 5.41) is 13.0. The number of nitrogens with one attached hydrogen (secondary N) is 4. The number of hydrogen-bond acceptors (Lipinski definition) is 6. The smallest absolute Gasteiger partial charge is 0.258 e. The van der Waals surface area contributed by atoms with Gasteiger partial charge in [-0.15, -0.1) is 0 Å². The Hall–Kier alpha value is -1.74. The number of carbonyl (C=O) groups is 1. The van der Waals surface area contributed by atoms with Gasteiger partial charge in [-0.2, -0.15) is 0 Å². The number of hydrazine groups is 1. The molecular weight excluding hydrogens is 373 g/mol. The quantitative estimate of drug-likeness (QED) is 0.561. The van der Waals surface area contributed by atoms with Crippen molar-refractivity contribution in [1.82, 2.24) is 26.4 Å². The number of benzene rings is 1. The molecule has 2 bridgehead atoms. The Morgan fingerprint density at radius 2 is 2.24 bits per heavy atom. The van der Waals surface area contributed by atoms with E-state index in [9.17, 15) is 9.18 Å². The van der Waals surface area contributed by atoms with Crippen LogP contribution in [-0.2, 0) is 4.79 Å². The Kier molecular flexibility index (Phi) is 4.98. The Morgan fingerprint density at radius 3 is 3.07 bits per heavy atom. The van der Waals surface area contributed by atoms with Crippen LogP contribution in [0.25, 0.3) is 0 Å². The molecule has 1 aromatic rings. The van der Waals surface area contributed by atoms with E-state index in [1.165, 1.54) is 12.1 Å². The molecule has 4 atom stereocenters. The van der Waals surface area contributed by atoms with Crippen LogP contribution < -0.4 is 26.1 Å². The van der Waals surface area contributed by atoms with Crippen molar-refractivity contribution in [2.45, 2.75) is 62.4 Å². The third-order valence-electron chi connectivity index (χ3n) is 6.93. The molecule has 0 radical (unpaired) electrons. The Labute approximate surface area is 170 Å². The zero-order chi connectivity index (χ0) is 20.0. The van der Waals surface area contributed by atoms with E-state index in [0.717, 1.165) is 38.8 Å². The van der Waals surface area contributed by atoms with Crippen LogP contribution in [0.4, 0.5) is 4.39 Å². The lowest BCUT2D eigenvalue weighted by atomic mass is 9.76. The predicted molar refractivity (Wildman–Crippen MR) is 107 cm³/mol. The standard InChI is InChI=1S/C21H30FN5O2/c1-13-7-18-20(23-5-6-27(18)26-13)24-17-11-21(9-14(17)10-21)25-19(28)12-29-16-4-2-3-15(22)8-16/h2-4,8,13-14,17-18,20,23-24,26H,5-7,9-12H2,1H3,(H,25,28)/t13?,14?,17-,18?,20?,21?/m1/s1. The van der Waals surface area contributed by atoms with E-state index in [1.54, 1.807) is 12.1 Å². The summed E-state index contributed by atoms with van der Waals surface area (Å²) in [4.78, 5) is 12.4. The number of piperazine rings is 1. The SMILES string of the molecule is CC1CC2C(N[C@@H]3CC4(NC(=O)COc5cccc(F)c5)CC3C4)NCCN2N1. The summed E-state index contributed by atoms with van der Waals surface area (Å²) in [7, 11) is 0. The average Bonchev–Trinajstić information content (AvgIpc) is 3.30. The highest BCUT2D eigenvalue weighted by Gasteiger charge is 2.57. The molecule has 6 rings (SSSR count). The maximum Gasteiger partial charge on any atom is 0.258 e. The highest BCUT2D eigenvalue weighted by atomic mass is 19.1. The number of carbonyl (C=O) groups excluding carboxylic acids is 1. The Bertz CT molecular complexity index is 771. The highest BCUT2D eigenvalue weighted by Crippen LogP contribution is 2.52. The molecule has 1 aromatic carbocycles. The van der Waals surface area contributed by atoms with Gasteiger partial charge >= 0.3 is 0 Å². The summed E-state index contributed by atoms with van der Waals surface area (Å²) in [6, 6.07) is 7.29. The van der Waals surface area contributed by atoms with Crippen molar-refractivity contribution in [3.8, 4) is 5.75 Å². The van der Waals surface area contributed by atoms with Gasteiger partial charge in [-0.25, -0.2) is 9.40 Å². The zero-order valence-electron chi connectivity index (χ0n) is 16.8. The van der Waals surface area contributed by atoms with E-state index in [-0.39, 0.29) is 30.0 Å². The molecular formula is C21H30FN5O2. The van der Waals surface area contributed by atoms with Crippen molar-refractivity contribution in [2.75, 3.05) is 19.7 Å². The van der Waals surface area contributed by atoms with Crippen LogP contribution in [0.15, 0.2) is 24.3 Å². The topological polar surface area (TPSA) is 77.7 Å². The maximum atomic E-state index is 13.2. The third-order valence-corrected chi connectivity index (χ3v) is 6.93. The molecule has 2 aliphatic heterocycles. The van der Waals surface area contributed by atoms with Crippen molar-refractivity contribution in [2.24, 2.45) is 5.92 Å². The zero-order valence-corrected chi connectivity index (χ0v) is 16.8. The number of rotatable bonds is 6. The van der Waals surface area contributed by atoms with Crippen LogP contribution in [0.2, 0.25) is 0 Å². The summed E-state index contributed by atoms with van der Waals surface area (Å²) in [5.74, 6) is 0.491. The lowest BCUT2D eigenvalue weighted by Crippen LogP contribution is -2.64. The highest BCUT2D eigenvalue weighted by molar-refractivity contribution is 5.78. The summed E-state index contributed by atoms with van der Waals surface area (Å²) in [6.45, 7) is 4.16. The molecule has 2 saturated heterocycles. The van der Waals surface area contributed by atoms with Crippen LogP contribution in [0.1, 0.15) is 32.6 Å². The van der Waals surface area contributed by atoms with Gasteiger partial charge in [-0.1, -0.05) is 6.07 Å². The van der Waals surface area contributed by atoms with Gasteiger partial charge in [0.15, 0.2) is 6.61 Å². The maximum absolute atomic E-state index is 13.2. The van der Waals surface area contributed by atoms with Crippen LogP contribution in [0, 0.1) is 11.7 Å². The molecule has 5 aliphatic rings. The molecule has 8 heteroatoms. The van der Waals surface area contributed by atoms with Gasteiger partial charge < -0.3 is 10.1 Å². The van der Waals surface area contributed by atoms with E-state index in [0.29, 0.717) is 29.8 Å². The first-order valence-corrected chi connectivity index (χ1v) is 10.7. The van der Waals surface area contributed by atoms with Gasteiger partial charge in [0, 0.05) is 36.8 Å². The van der Waals surface area contributed by atoms with Crippen LogP contribution in [0.3, 0.4) is 0 Å². The van der Waals surface area contributed by atoms with Gasteiger partial charge in [0.25, 0.3) is 5.91 Å². The second-order valence-electron chi connectivity index (χ2n) is 9.18. The van der Waals surface area contributed by atoms with Gasteiger partial charge in [-0.05, 0) is 50.7 Å². The monoisotopic (exact) mass is 403 g/mol. The van der Waals surface area contributed by atoms with Crippen molar-refractivity contribution < 1.29 is 13.9 Å². The number of nitrogens with zero attached hydrogens (tertiary/aromatic N) is 1. The minimum atomic E-state index is -0.366. The fraction of sp³-hybridized carbons (Fsp3) is 0.667. The van der Waals surface area contributed by atoms with Crippen molar-refractivity contribution in [1.29, 1.82) is 0 Å². The molecule has 0 spiro atoms. The summed E-state index contributed by atoms with van der Waals surface area (Å²) in [5.41, 5.74) is 3.44. The predicted octanol–water partition coefficient (Wildman–Crippen LogP) is 0.728. The minimum absolute atomic E-state index is 0.0846. The van der Waals surface area contributed by atoms with Crippen LogP contribution in [0.5, 0.6) is 5.75 Å². The van der Waals surface area contributed by atoms with E-state index in [1.807, 2.05) is 0 Å². The largest absolute Gasteiger partial charge is 0.484 e. The van der Waals surface area contributed by atoms with Crippen LogP contribution in [-0.4, -0.2) is 60.4 Å².